The van der Waals surface area contributed by atoms with Crippen LogP contribution in [0.15, 0.2) is 6.07 Å². The normalized spacial score (nSPS) is 30.6. The van der Waals surface area contributed by atoms with E-state index in [-0.39, 0.29) is 12.1 Å². The van der Waals surface area contributed by atoms with E-state index in [4.69, 9.17) is 5.10 Å². The average molecular weight is 388 g/mol. The first kappa shape index (κ1) is 19.7. The number of hydrogen-bond acceptors (Lipinski definition) is 3. The van der Waals surface area contributed by atoms with Gasteiger partial charge in [0.25, 0.3) is 0 Å². The summed E-state index contributed by atoms with van der Waals surface area (Å²) in [5.74, 6) is 1.97. The molecule has 1 aromatic rings. The van der Waals surface area contributed by atoms with Crippen molar-refractivity contribution in [3.8, 4) is 0 Å². The predicted octanol–water partition coefficient (Wildman–Crippen LogP) is 3.35. The number of amides is 2. The summed E-state index contributed by atoms with van der Waals surface area (Å²) in [4.78, 5) is 14.5. The Labute approximate surface area is 169 Å². The number of rotatable bonds is 5. The molecule has 0 radical (unpaired) electrons. The van der Waals surface area contributed by atoms with Gasteiger partial charge in [0.05, 0.1) is 5.69 Å². The number of aryl methyl sites for hydroxylation is 1. The molecule has 2 bridgehead atoms. The number of carbonyl (C=O) groups is 1. The van der Waals surface area contributed by atoms with Crippen LogP contribution in [0.25, 0.3) is 0 Å². The maximum atomic E-state index is 11.9. The Hall–Kier alpha value is -1.56. The molecular weight excluding hydrogens is 350 g/mol. The Morgan fingerprint density at radius 2 is 2.04 bits per heavy atom. The molecule has 4 atom stereocenters. The van der Waals surface area contributed by atoms with Gasteiger partial charge >= 0.3 is 6.03 Å². The maximum absolute atomic E-state index is 11.9. The molecule has 1 saturated carbocycles. The second-order valence-electron chi connectivity index (χ2n) is 9.50. The van der Waals surface area contributed by atoms with Gasteiger partial charge in [-0.2, -0.15) is 5.10 Å². The summed E-state index contributed by atoms with van der Waals surface area (Å²) in [6.45, 7) is 7.00. The average Bonchev–Trinajstić information content (AvgIpc) is 3.08. The minimum Gasteiger partial charge on any atom is -0.337 e. The summed E-state index contributed by atoms with van der Waals surface area (Å²) in [6.07, 6.45) is 9.16. The lowest BCUT2D eigenvalue weighted by molar-refractivity contribution is 0.0294. The van der Waals surface area contributed by atoms with Gasteiger partial charge in [0, 0.05) is 49.8 Å². The number of urea groups is 1. The third-order valence-corrected chi connectivity index (χ3v) is 7.13. The van der Waals surface area contributed by atoms with Gasteiger partial charge in [0.15, 0.2) is 0 Å². The third kappa shape index (κ3) is 4.22. The lowest BCUT2D eigenvalue weighted by Gasteiger charge is -2.50. The van der Waals surface area contributed by atoms with Crippen molar-refractivity contribution in [2.45, 2.75) is 82.7 Å². The lowest BCUT2D eigenvalue weighted by Crippen LogP contribution is -2.57. The number of aromatic nitrogens is 2. The van der Waals surface area contributed by atoms with Crippen LogP contribution in [0.4, 0.5) is 4.79 Å². The van der Waals surface area contributed by atoms with Gasteiger partial charge in [-0.05, 0) is 58.1 Å². The number of nitrogens with zero attached hydrogens (tertiary/aromatic N) is 3. The molecule has 4 heterocycles. The van der Waals surface area contributed by atoms with E-state index in [0.717, 1.165) is 19.6 Å². The summed E-state index contributed by atoms with van der Waals surface area (Å²) >= 11 is 0. The third-order valence-electron chi connectivity index (χ3n) is 7.13. The number of fused-ring (bicyclic) bond motifs is 3. The first-order chi connectivity index (χ1) is 13.5. The van der Waals surface area contributed by atoms with E-state index in [0.29, 0.717) is 23.8 Å². The molecule has 3 saturated heterocycles. The molecule has 4 aliphatic rings. The van der Waals surface area contributed by atoms with Crippen molar-refractivity contribution in [3.63, 3.8) is 0 Å². The summed E-state index contributed by atoms with van der Waals surface area (Å²) in [5.41, 5.74) is 2.76. The zero-order valence-corrected chi connectivity index (χ0v) is 17.8. The quantitative estimate of drug-likeness (QED) is 0.814. The largest absolute Gasteiger partial charge is 0.337 e. The first-order valence-electron chi connectivity index (χ1n) is 11.3. The van der Waals surface area contributed by atoms with Crippen molar-refractivity contribution in [1.29, 1.82) is 0 Å². The molecule has 0 aromatic carbocycles. The zero-order chi connectivity index (χ0) is 19.7. The summed E-state index contributed by atoms with van der Waals surface area (Å²) in [6, 6.07) is 3.03. The minimum atomic E-state index is -0.0436. The van der Waals surface area contributed by atoms with Crippen LogP contribution in [-0.2, 0) is 7.05 Å². The van der Waals surface area contributed by atoms with Gasteiger partial charge in [0.1, 0.15) is 0 Å². The molecule has 2 N–H and O–H groups in total. The van der Waals surface area contributed by atoms with Crippen LogP contribution in [0.1, 0.15) is 82.0 Å². The highest BCUT2D eigenvalue weighted by molar-refractivity contribution is 5.74. The van der Waals surface area contributed by atoms with Gasteiger partial charge < -0.3 is 10.6 Å². The van der Waals surface area contributed by atoms with Crippen LogP contribution >= 0.6 is 0 Å². The number of piperidine rings is 3. The number of carbonyl (C=O) groups excluding carboxylic acids is 1. The summed E-state index contributed by atoms with van der Waals surface area (Å²) < 4.78 is 2.17. The summed E-state index contributed by atoms with van der Waals surface area (Å²) in [5, 5.41) is 10.9. The van der Waals surface area contributed by atoms with Gasteiger partial charge in [-0.1, -0.05) is 19.3 Å². The van der Waals surface area contributed by atoms with Crippen LogP contribution in [-0.4, -0.2) is 52.4 Å². The molecule has 4 unspecified atom stereocenters. The SMILES string of the molecule is CC(C)NC(=O)NCC1CC2CCN1CC2c1cc(C2CCCCC2)nn1C. The minimum absolute atomic E-state index is 0.0436. The Morgan fingerprint density at radius 1 is 1.25 bits per heavy atom. The standard InChI is InChI=1S/C22H37N5O/c1-15(2)24-22(28)23-13-18-11-17-9-10-27(18)14-19(17)21-12-20(25-26(21)3)16-7-5-4-6-8-16/h12,15-19H,4-11,13-14H2,1-3H3,(H2,23,24,28). The molecular formula is C22H37N5O. The smallest absolute Gasteiger partial charge is 0.315 e. The van der Waals surface area contributed by atoms with E-state index in [2.05, 4.69) is 33.3 Å². The van der Waals surface area contributed by atoms with Gasteiger partial charge in [-0.15, -0.1) is 0 Å². The topological polar surface area (TPSA) is 62.2 Å². The van der Waals surface area contributed by atoms with Crippen LogP contribution in [0.3, 0.4) is 0 Å². The Kier molecular flexibility index (Phi) is 5.95. The van der Waals surface area contributed by atoms with E-state index >= 15 is 0 Å². The molecule has 156 valence electrons. The van der Waals surface area contributed by atoms with Crippen molar-refractivity contribution in [2.24, 2.45) is 13.0 Å². The van der Waals surface area contributed by atoms with E-state index in [1.807, 2.05) is 13.8 Å². The van der Waals surface area contributed by atoms with E-state index < -0.39 is 0 Å². The van der Waals surface area contributed by atoms with E-state index in [1.54, 1.807) is 0 Å². The van der Waals surface area contributed by atoms with Crippen LogP contribution < -0.4 is 10.6 Å². The van der Waals surface area contributed by atoms with Gasteiger partial charge in [-0.25, -0.2) is 4.79 Å². The van der Waals surface area contributed by atoms with Crippen molar-refractivity contribution in [2.75, 3.05) is 19.6 Å². The van der Waals surface area contributed by atoms with Crippen molar-refractivity contribution < 1.29 is 4.79 Å². The Bertz CT molecular complexity index is 678. The fourth-order valence-corrected chi connectivity index (χ4v) is 5.66. The van der Waals surface area contributed by atoms with Crippen molar-refractivity contribution in [3.05, 3.63) is 17.5 Å². The fourth-order valence-electron chi connectivity index (χ4n) is 5.66. The molecule has 28 heavy (non-hydrogen) atoms. The number of hydrogen-bond donors (Lipinski definition) is 2. The molecule has 1 aromatic heterocycles. The molecule has 4 fully saturated rings. The zero-order valence-electron chi connectivity index (χ0n) is 17.8. The monoisotopic (exact) mass is 387 g/mol. The van der Waals surface area contributed by atoms with E-state index in [9.17, 15) is 4.79 Å². The molecule has 6 heteroatoms. The van der Waals surface area contributed by atoms with Gasteiger partial charge in [0.2, 0.25) is 0 Å². The van der Waals surface area contributed by atoms with Crippen LogP contribution in [0.5, 0.6) is 0 Å². The molecule has 6 nitrogen and oxygen atoms in total. The summed E-state index contributed by atoms with van der Waals surface area (Å²) in [7, 11) is 2.13. The highest BCUT2D eigenvalue weighted by atomic mass is 16.2. The molecule has 2 amide bonds. The van der Waals surface area contributed by atoms with Gasteiger partial charge in [-0.3, -0.25) is 9.58 Å². The predicted molar refractivity (Wildman–Crippen MR) is 112 cm³/mol. The molecule has 0 spiro atoms. The Morgan fingerprint density at radius 3 is 2.71 bits per heavy atom. The Balaban J connectivity index is 1.38. The van der Waals surface area contributed by atoms with Crippen molar-refractivity contribution >= 4 is 6.03 Å². The number of nitrogens with one attached hydrogen (secondary N) is 2. The maximum Gasteiger partial charge on any atom is 0.315 e. The highest BCUT2D eigenvalue weighted by Crippen LogP contribution is 2.42. The molecule has 1 aliphatic carbocycles. The van der Waals surface area contributed by atoms with Crippen LogP contribution in [0.2, 0.25) is 0 Å². The highest BCUT2D eigenvalue weighted by Gasteiger charge is 2.42. The molecule has 5 rings (SSSR count). The second kappa shape index (κ2) is 8.44. The van der Waals surface area contributed by atoms with E-state index in [1.165, 1.54) is 56.3 Å². The molecule has 3 aliphatic heterocycles. The fraction of sp³-hybridized carbons (Fsp3) is 0.818. The second-order valence-corrected chi connectivity index (χ2v) is 9.50. The lowest BCUT2D eigenvalue weighted by atomic mass is 9.74. The van der Waals surface area contributed by atoms with Crippen LogP contribution in [0, 0.1) is 5.92 Å². The van der Waals surface area contributed by atoms with Crippen molar-refractivity contribution in [1.82, 2.24) is 25.3 Å². The first-order valence-corrected chi connectivity index (χ1v) is 11.3.